The van der Waals surface area contributed by atoms with Crippen molar-refractivity contribution in [2.24, 2.45) is 0 Å². The van der Waals surface area contributed by atoms with Gasteiger partial charge in [-0.1, -0.05) is 12.1 Å². The monoisotopic (exact) mass is 429 g/mol. The second kappa shape index (κ2) is 7.44. The zero-order chi connectivity index (χ0) is 21.7. The van der Waals surface area contributed by atoms with E-state index in [-0.39, 0.29) is 11.8 Å². The molecule has 162 valence electrons. The SMILES string of the molecule is Cc1nn(-c2ccc3nncn3n2)c2c1[C@@H](c1cccc(OC3CCCC3)c1)CC(=O)N2. The van der Waals surface area contributed by atoms with Crippen LogP contribution in [0.3, 0.4) is 0 Å². The summed E-state index contributed by atoms with van der Waals surface area (Å²) in [4.78, 5) is 12.7. The fourth-order valence-electron chi connectivity index (χ4n) is 4.83. The molecule has 0 spiro atoms. The van der Waals surface area contributed by atoms with Gasteiger partial charge in [0.1, 0.15) is 17.9 Å². The van der Waals surface area contributed by atoms with E-state index in [1.807, 2.05) is 31.2 Å². The first-order chi connectivity index (χ1) is 15.7. The number of benzene rings is 1. The van der Waals surface area contributed by atoms with Crippen molar-refractivity contribution in [3.05, 3.63) is 59.5 Å². The number of anilines is 1. The van der Waals surface area contributed by atoms with Crippen molar-refractivity contribution in [1.82, 2.24) is 29.6 Å². The maximum Gasteiger partial charge on any atom is 0.226 e. The molecular formula is C23H23N7O2. The number of nitrogens with zero attached hydrogens (tertiary/aromatic N) is 6. The molecule has 0 bridgehead atoms. The lowest BCUT2D eigenvalue weighted by molar-refractivity contribution is -0.116. The number of carbonyl (C=O) groups excluding carboxylic acids is 1. The summed E-state index contributed by atoms with van der Waals surface area (Å²) >= 11 is 0. The van der Waals surface area contributed by atoms with E-state index in [1.54, 1.807) is 15.5 Å². The fraction of sp³-hybridized carbons (Fsp3) is 0.348. The summed E-state index contributed by atoms with van der Waals surface area (Å²) in [5, 5.41) is 20.1. The second-order valence-electron chi connectivity index (χ2n) is 8.49. The third-order valence-corrected chi connectivity index (χ3v) is 6.33. The Labute approximate surface area is 184 Å². The zero-order valence-electron chi connectivity index (χ0n) is 17.7. The number of carbonyl (C=O) groups is 1. The van der Waals surface area contributed by atoms with Crippen LogP contribution in [0.2, 0.25) is 0 Å². The van der Waals surface area contributed by atoms with Crippen LogP contribution in [-0.2, 0) is 4.79 Å². The molecule has 2 aliphatic rings. The van der Waals surface area contributed by atoms with Gasteiger partial charge in [0.25, 0.3) is 0 Å². The minimum absolute atomic E-state index is 0.0452. The Balaban J connectivity index is 1.40. The number of ether oxygens (including phenoxy) is 1. The van der Waals surface area contributed by atoms with Gasteiger partial charge in [-0.15, -0.1) is 15.3 Å². The molecule has 1 N–H and O–H groups in total. The molecule has 1 fully saturated rings. The minimum Gasteiger partial charge on any atom is -0.490 e. The molecule has 6 rings (SSSR count). The highest BCUT2D eigenvalue weighted by Crippen LogP contribution is 2.41. The summed E-state index contributed by atoms with van der Waals surface area (Å²) in [6.07, 6.45) is 6.86. The summed E-state index contributed by atoms with van der Waals surface area (Å²) in [5.41, 5.74) is 3.57. The van der Waals surface area contributed by atoms with Crippen LogP contribution in [0.25, 0.3) is 11.5 Å². The molecule has 0 radical (unpaired) electrons. The van der Waals surface area contributed by atoms with Gasteiger partial charge in [-0.2, -0.15) is 14.3 Å². The molecular weight excluding hydrogens is 406 g/mol. The molecule has 3 aromatic heterocycles. The highest BCUT2D eigenvalue weighted by atomic mass is 16.5. The Bertz CT molecular complexity index is 1320. The third kappa shape index (κ3) is 3.21. The Morgan fingerprint density at radius 1 is 1.12 bits per heavy atom. The molecule has 0 saturated heterocycles. The number of aromatic nitrogens is 6. The van der Waals surface area contributed by atoms with Crippen molar-refractivity contribution in [2.75, 3.05) is 5.32 Å². The van der Waals surface area contributed by atoms with Crippen molar-refractivity contribution in [3.8, 4) is 11.6 Å². The summed E-state index contributed by atoms with van der Waals surface area (Å²) in [6.45, 7) is 1.97. The van der Waals surface area contributed by atoms with Crippen LogP contribution in [0.5, 0.6) is 5.75 Å². The van der Waals surface area contributed by atoms with E-state index in [4.69, 9.17) is 9.84 Å². The third-order valence-electron chi connectivity index (χ3n) is 6.33. The Morgan fingerprint density at radius 2 is 2.00 bits per heavy atom. The number of hydrogen-bond acceptors (Lipinski definition) is 6. The summed E-state index contributed by atoms with van der Waals surface area (Å²) in [7, 11) is 0. The molecule has 9 nitrogen and oxygen atoms in total. The smallest absolute Gasteiger partial charge is 0.226 e. The van der Waals surface area contributed by atoms with Crippen LogP contribution in [0.4, 0.5) is 5.82 Å². The van der Waals surface area contributed by atoms with Crippen molar-refractivity contribution in [1.29, 1.82) is 0 Å². The number of hydrogen-bond donors (Lipinski definition) is 1. The van der Waals surface area contributed by atoms with Crippen LogP contribution in [-0.4, -0.2) is 41.6 Å². The lowest BCUT2D eigenvalue weighted by Gasteiger charge is -2.25. The fourth-order valence-corrected chi connectivity index (χ4v) is 4.83. The first kappa shape index (κ1) is 19.0. The van der Waals surface area contributed by atoms with E-state index in [9.17, 15) is 4.79 Å². The molecule has 1 saturated carbocycles. The molecule has 1 aliphatic heterocycles. The van der Waals surface area contributed by atoms with Gasteiger partial charge in [-0.3, -0.25) is 4.79 Å². The molecule has 1 amide bonds. The summed E-state index contributed by atoms with van der Waals surface area (Å²) in [6, 6.07) is 11.8. The van der Waals surface area contributed by atoms with Gasteiger partial charge in [0.2, 0.25) is 5.91 Å². The van der Waals surface area contributed by atoms with E-state index < -0.39 is 0 Å². The highest BCUT2D eigenvalue weighted by Gasteiger charge is 2.33. The van der Waals surface area contributed by atoms with Crippen molar-refractivity contribution in [2.45, 2.75) is 51.0 Å². The predicted octanol–water partition coefficient (Wildman–Crippen LogP) is 3.41. The number of amides is 1. The molecule has 4 aromatic rings. The quantitative estimate of drug-likeness (QED) is 0.534. The number of aryl methyl sites for hydroxylation is 1. The predicted molar refractivity (Wildman–Crippen MR) is 117 cm³/mol. The first-order valence-electron chi connectivity index (χ1n) is 11.0. The van der Waals surface area contributed by atoms with Gasteiger partial charge in [-0.25, -0.2) is 0 Å². The average Bonchev–Trinajstić information content (AvgIpc) is 3.54. The number of fused-ring (bicyclic) bond motifs is 2. The maximum atomic E-state index is 12.7. The molecule has 4 heterocycles. The standard InChI is InChI=1S/C23H23N7O2/c1-14-22-18(15-5-4-8-17(11-15)32-16-6-2-3-7-16)12-21(31)25-23(22)30(27-14)20-10-9-19-26-24-13-29(19)28-20/h4-5,8-11,13,16,18H,2-3,6-7,12H2,1H3,(H,25,31)/t18-/m1/s1. The Morgan fingerprint density at radius 3 is 2.88 bits per heavy atom. The van der Waals surface area contributed by atoms with E-state index in [0.29, 0.717) is 29.8 Å². The largest absolute Gasteiger partial charge is 0.490 e. The van der Waals surface area contributed by atoms with Gasteiger partial charge in [-0.05, 0) is 62.4 Å². The van der Waals surface area contributed by atoms with Gasteiger partial charge in [0.05, 0.1) is 11.8 Å². The second-order valence-corrected chi connectivity index (χ2v) is 8.49. The van der Waals surface area contributed by atoms with Gasteiger partial charge >= 0.3 is 0 Å². The lowest BCUT2D eigenvalue weighted by Crippen LogP contribution is -2.25. The van der Waals surface area contributed by atoms with Crippen LogP contribution < -0.4 is 10.1 Å². The maximum absolute atomic E-state index is 12.7. The Kier molecular flexibility index (Phi) is 4.41. The number of rotatable bonds is 4. The lowest BCUT2D eigenvalue weighted by atomic mass is 9.85. The molecule has 9 heteroatoms. The van der Waals surface area contributed by atoms with Crippen molar-refractivity contribution in [3.63, 3.8) is 0 Å². The Hall–Kier alpha value is -3.75. The van der Waals surface area contributed by atoms with E-state index in [2.05, 4.69) is 32.7 Å². The average molecular weight is 429 g/mol. The normalized spacial score (nSPS) is 18.7. The number of nitrogens with one attached hydrogen (secondary N) is 1. The van der Waals surface area contributed by atoms with Crippen molar-refractivity contribution >= 4 is 17.4 Å². The molecule has 1 atom stereocenters. The van der Waals surface area contributed by atoms with E-state index in [0.717, 1.165) is 35.4 Å². The van der Waals surface area contributed by atoms with Gasteiger partial charge in [0.15, 0.2) is 11.5 Å². The van der Waals surface area contributed by atoms with Gasteiger partial charge < -0.3 is 10.1 Å². The van der Waals surface area contributed by atoms with Crippen molar-refractivity contribution < 1.29 is 9.53 Å². The molecule has 1 aliphatic carbocycles. The highest BCUT2D eigenvalue weighted by molar-refractivity contribution is 5.95. The molecule has 32 heavy (non-hydrogen) atoms. The van der Waals surface area contributed by atoms with Crippen LogP contribution in [0, 0.1) is 6.92 Å². The first-order valence-corrected chi connectivity index (χ1v) is 11.0. The van der Waals surface area contributed by atoms with E-state index in [1.165, 1.54) is 12.8 Å². The summed E-state index contributed by atoms with van der Waals surface area (Å²) in [5.74, 6) is 1.97. The molecule has 1 aromatic carbocycles. The van der Waals surface area contributed by atoms with Crippen LogP contribution in [0.1, 0.15) is 54.8 Å². The molecule has 0 unspecified atom stereocenters. The van der Waals surface area contributed by atoms with Gasteiger partial charge in [0, 0.05) is 17.9 Å². The minimum atomic E-state index is -0.0988. The van der Waals surface area contributed by atoms with Crippen LogP contribution >= 0.6 is 0 Å². The van der Waals surface area contributed by atoms with Crippen LogP contribution in [0.15, 0.2) is 42.7 Å². The van der Waals surface area contributed by atoms with E-state index >= 15 is 0 Å². The summed E-state index contributed by atoms with van der Waals surface area (Å²) < 4.78 is 9.49. The zero-order valence-corrected chi connectivity index (χ0v) is 17.7. The topological polar surface area (TPSA) is 99.2 Å².